The number of carbonyl (C=O) groups is 3. The molecular weight excluding hydrogens is 495 g/mol. The summed E-state index contributed by atoms with van der Waals surface area (Å²) < 4.78 is 15.0. The molecule has 37 heavy (non-hydrogen) atoms. The van der Waals surface area contributed by atoms with Crippen molar-refractivity contribution in [2.24, 2.45) is 11.8 Å². The van der Waals surface area contributed by atoms with Gasteiger partial charge in [0.15, 0.2) is 0 Å². The normalized spacial score (nSPS) is 23.9. The monoisotopic (exact) mass is 536 g/mol. The zero-order valence-corrected chi connectivity index (χ0v) is 23.9. The fourth-order valence-electron chi connectivity index (χ4n) is 5.58. The van der Waals surface area contributed by atoms with Gasteiger partial charge in [-0.3, -0.25) is 19.3 Å². The second-order valence-electron chi connectivity index (χ2n) is 12.0. The minimum atomic E-state index is -0.574. The van der Waals surface area contributed by atoms with E-state index in [0.29, 0.717) is 49.7 Å². The first-order valence-corrected chi connectivity index (χ1v) is 13.6. The number of hydrogen-bond acceptors (Lipinski definition) is 4. The van der Waals surface area contributed by atoms with Gasteiger partial charge in [0.05, 0.1) is 5.92 Å². The van der Waals surface area contributed by atoms with Crippen molar-refractivity contribution in [2.45, 2.75) is 78.4 Å². The van der Waals surface area contributed by atoms with Crippen LogP contribution in [0.3, 0.4) is 0 Å². The summed E-state index contributed by atoms with van der Waals surface area (Å²) in [6.45, 7) is 16.0. The van der Waals surface area contributed by atoms with E-state index in [1.165, 1.54) is 13.0 Å². The Labute approximate surface area is 225 Å². The molecule has 206 valence electrons. The minimum Gasteiger partial charge on any atom is -0.345 e. The number of rotatable bonds is 6. The van der Waals surface area contributed by atoms with Gasteiger partial charge in [-0.1, -0.05) is 31.5 Å². The van der Waals surface area contributed by atoms with E-state index in [2.05, 4.69) is 31.0 Å². The molecule has 2 aliphatic heterocycles. The maximum absolute atomic E-state index is 15.0. The molecule has 1 N–H and O–H groups in total. The van der Waals surface area contributed by atoms with E-state index in [1.54, 1.807) is 17.0 Å². The number of amides is 3. The maximum atomic E-state index is 15.0. The van der Waals surface area contributed by atoms with Gasteiger partial charge in [0.1, 0.15) is 11.9 Å². The molecule has 1 aromatic carbocycles. The predicted molar refractivity (Wildman–Crippen MR) is 144 cm³/mol. The highest BCUT2D eigenvalue weighted by Gasteiger charge is 2.45. The van der Waals surface area contributed by atoms with Gasteiger partial charge in [0.25, 0.3) is 0 Å². The maximum Gasteiger partial charge on any atom is 0.245 e. The molecule has 4 atom stereocenters. The molecule has 0 aromatic heterocycles. The summed E-state index contributed by atoms with van der Waals surface area (Å²) in [6.07, 6.45) is 0.559. The molecule has 0 saturated carbocycles. The van der Waals surface area contributed by atoms with Crippen molar-refractivity contribution >= 4 is 29.3 Å². The third kappa shape index (κ3) is 7.02. The molecule has 2 fully saturated rings. The first-order valence-electron chi connectivity index (χ1n) is 13.2. The van der Waals surface area contributed by atoms with E-state index in [1.807, 2.05) is 25.7 Å². The van der Waals surface area contributed by atoms with Gasteiger partial charge in [-0.15, -0.1) is 0 Å². The molecule has 0 bridgehead atoms. The molecule has 0 spiro atoms. The zero-order chi connectivity index (χ0) is 27.7. The number of nitrogens with zero attached hydrogens (tertiary/aromatic N) is 3. The molecule has 2 saturated heterocycles. The number of benzene rings is 1. The lowest BCUT2D eigenvalue weighted by atomic mass is 9.87. The van der Waals surface area contributed by atoms with Crippen molar-refractivity contribution in [2.75, 3.05) is 32.7 Å². The van der Waals surface area contributed by atoms with Crippen LogP contribution in [0.5, 0.6) is 0 Å². The Bertz CT molecular complexity index is 1010. The fraction of sp³-hybridized carbons (Fsp3) is 0.679. The van der Waals surface area contributed by atoms with Gasteiger partial charge in [-0.05, 0) is 57.7 Å². The summed E-state index contributed by atoms with van der Waals surface area (Å²) >= 11 is 6.00. The summed E-state index contributed by atoms with van der Waals surface area (Å²) in [6, 6.07) is 3.92. The van der Waals surface area contributed by atoms with Crippen molar-refractivity contribution < 1.29 is 18.8 Å². The van der Waals surface area contributed by atoms with Crippen molar-refractivity contribution in [3.8, 4) is 0 Å². The molecule has 0 unspecified atom stereocenters. The number of halogens is 2. The Kier molecular flexibility index (Phi) is 9.27. The lowest BCUT2D eigenvalue weighted by Crippen LogP contribution is -2.60. The van der Waals surface area contributed by atoms with Crippen molar-refractivity contribution in [3.05, 3.63) is 34.6 Å². The summed E-state index contributed by atoms with van der Waals surface area (Å²) in [7, 11) is 0. The van der Waals surface area contributed by atoms with E-state index in [9.17, 15) is 18.8 Å². The minimum absolute atomic E-state index is 0.00867. The summed E-state index contributed by atoms with van der Waals surface area (Å²) in [5, 5.41) is 3.13. The summed E-state index contributed by atoms with van der Waals surface area (Å²) in [5.74, 6) is -1.16. The molecule has 0 radical (unpaired) electrons. The third-order valence-electron chi connectivity index (χ3n) is 7.55. The summed E-state index contributed by atoms with van der Waals surface area (Å²) in [5.41, 5.74) is 0.354. The van der Waals surface area contributed by atoms with Crippen LogP contribution >= 0.6 is 11.6 Å². The lowest BCUT2D eigenvalue weighted by Gasteiger charge is -2.42. The molecule has 2 heterocycles. The van der Waals surface area contributed by atoms with Crippen LogP contribution in [0.4, 0.5) is 4.39 Å². The largest absolute Gasteiger partial charge is 0.345 e. The number of piperazine rings is 1. The van der Waals surface area contributed by atoms with Crippen LogP contribution in [0, 0.1) is 17.7 Å². The average Bonchev–Trinajstić information content (AvgIpc) is 3.22. The van der Waals surface area contributed by atoms with E-state index in [-0.39, 0.29) is 47.0 Å². The molecule has 2 aliphatic rings. The highest BCUT2D eigenvalue weighted by molar-refractivity contribution is 6.30. The second-order valence-corrected chi connectivity index (χ2v) is 12.4. The zero-order valence-electron chi connectivity index (χ0n) is 23.2. The number of nitrogens with one attached hydrogen (secondary N) is 1. The smallest absolute Gasteiger partial charge is 0.245 e. The highest BCUT2D eigenvalue weighted by atomic mass is 35.5. The van der Waals surface area contributed by atoms with Crippen LogP contribution in [0.1, 0.15) is 66.4 Å². The SMILES string of the molecule is CC(=O)N[C@@H](CC(C)C)C(=O)N1CCN(C(=O)[C@@H]2CN(C(C)(C)C)C[C@H]2c2ccc(Cl)cc2F)C[C@H]1C. The Morgan fingerprint density at radius 2 is 1.81 bits per heavy atom. The van der Waals surface area contributed by atoms with Gasteiger partial charge < -0.3 is 15.1 Å². The first-order chi connectivity index (χ1) is 17.2. The number of likely N-dealkylation sites (tertiary alicyclic amines) is 1. The molecule has 7 nitrogen and oxygen atoms in total. The quantitative estimate of drug-likeness (QED) is 0.598. The topological polar surface area (TPSA) is 73.0 Å². The third-order valence-corrected chi connectivity index (χ3v) is 7.79. The van der Waals surface area contributed by atoms with Crippen LogP contribution in [-0.2, 0) is 14.4 Å². The molecule has 9 heteroatoms. The van der Waals surface area contributed by atoms with Gasteiger partial charge in [0.2, 0.25) is 17.7 Å². The van der Waals surface area contributed by atoms with Crippen molar-refractivity contribution in [1.82, 2.24) is 20.0 Å². The molecule has 0 aliphatic carbocycles. The molecule has 3 amide bonds. The Hall–Kier alpha value is -2.19. The first kappa shape index (κ1) is 29.4. The molecule has 3 rings (SSSR count). The van der Waals surface area contributed by atoms with Gasteiger partial charge in [-0.2, -0.15) is 0 Å². The molecular formula is C28H42ClFN4O3. The molecule has 1 aromatic rings. The van der Waals surface area contributed by atoms with Crippen LogP contribution < -0.4 is 5.32 Å². The van der Waals surface area contributed by atoms with Gasteiger partial charge >= 0.3 is 0 Å². The van der Waals surface area contributed by atoms with Gasteiger partial charge in [-0.25, -0.2) is 4.39 Å². The number of carbonyl (C=O) groups excluding carboxylic acids is 3. The van der Waals surface area contributed by atoms with E-state index in [0.717, 1.165) is 0 Å². The summed E-state index contributed by atoms with van der Waals surface area (Å²) in [4.78, 5) is 44.7. The van der Waals surface area contributed by atoms with Crippen LogP contribution in [0.2, 0.25) is 5.02 Å². The van der Waals surface area contributed by atoms with E-state index < -0.39 is 12.0 Å². The standard InChI is InChI=1S/C28H42ClFN4O3/c1-17(2)12-25(31-19(4)35)27(37)34-11-10-32(14-18(34)3)26(36)23-16-33(28(5,6)7)15-22(23)21-9-8-20(29)13-24(21)30/h8-9,13,17-18,22-23,25H,10-12,14-16H2,1-7H3,(H,31,35)/t18-,22+,23-,25+/m1/s1. The predicted octanol–water partition coefficient (Wildman–Crippen LogP) is 3.90. The van der Waals surface area contributed by atoms with Gasteiger partial charge in [0, 0.05) is 62.2 Å². The highest BCUT2D eigenvalue weighted by Crippen LogP contribution is 2.39. The fourth-order valence-corrected chi connectivity index (χ4v) is 5.74. The van der Waals surface area contributed by atoms with Crippen LogP contribution in [-0.4, -0.2) is 82.8 Å². The van der Waals surface area contributed by atoms with Crippen molar-refractivity contribution in [1.29, 1.82) is 0 Å². The van der Waals surface area contributed by atoms with Crippen LogP contribution in [0.15, 0.2) is 18.2 Å². The van der Waals surface area contributed by atoms with E-state index >= 15 is 0 Å². The van der Waals surface area contributed by atoms with E-state index in [4.69, 9.17) is 11.6 Å². The Morgan fingerprint density at radius 3 is 2.35 bits per heavy atom. The second kappa shape index (κ2) is 11.7. The Morgan fingerprint density at radius 1 is 1.14 bits per heavy atom. The average molecular weight is 537 g/mol. The number of hydrogen-bond donors (Lipinski definition) is 1. The van der Waals surface area contributed by atoms with Crippen molar-refractivity contribution in [3.63, 3.8) is 0 Å². The van der Waals surface area contributed by atoms with Crippen LogP contribution in [0.25, 0.3) is 0 Å². The Balaban J connectivity index is 1.77. The lowest BCUT2D eigenvalue weighted by molar-refractivity contribution is -0.146.